The first kappa shape index (κ1) is 17.0. The largest absolute Gasteiger partial charge is 0.352 e. The Bertz CT molecular complexity index is 658. The zero-order valence-corrected chi connectivity index (χ0v) is 14.2. The van der Waals surface area contributed by atoms with Crippen molar-refractivity contribution in [2.24, 2.45) is 0 Å². The Morgan fingerprint density at radius 3 is 2.50 bits per heavy atom. The number of carbonyl (C=O) groups is 2. The summed E-state index contributed by atoms with van der Waals surface area (Å²) in [5, 5.41) is 5.34. The minimum absolute atomic E-state index is 0.00396. The van der Waals surface area contributed by atoms with Gasteiger partial charge in [-0.15, -0.1) is 0 Å². The molecule has 0 aliphatic carbocycles. The van der Waals surface area contributed by atoms with Crippen LogP contribution < -0.4 is 10.6 Å². The molecule has 1 unspecified atom stereocenters. The van der Waals surface area contributed by atoms with E-state index in [0.717, 1.165) is 4.47 Å². The summed E-state index contributed by atoms with van der Waals surface area (Å²) in [4.78, 5) is 23.5. The highest BCUT2D eigenvalue weighted by Gasteiger charge is 2.28. The van der Waals surface area contributed by atoms with Crippen LogP contribution in [-0.2, 0) is 14.6 Å². The second-order valence-corrected chi connectivity index (χ2v) is 8.32. The first-order chi connectivity index (χ1) is 10.4. The van der Waals surface area contributed by atoms with Crippen molar-refractivity contribution >= 4 is 37.6 Å². The molecule has 2 N–H and O–H groups in total. The molecule has 0 radical (unpaired) electrons. The maximum absolute atomic E-state index is 11.8. The van der Waals surface area contributed by atoms with Crippen molar-refractivity contribution in [3.63, 3.8) is 0 Å². The van der Waals surface area contributed by atoms with Gasteiger partial charge in [-0.1, -0.05) is 15.9 Å². The van der Waals surface area contributed by atoms with Crippen LogP contribution in [0.5, 0.6) is 0 Å². The van der Waals surface area contributed by atoms with Gasteiger partial charge in [0.2, 0.25) is 5.91 Å². The molecule has 1 aliphatic heterocycles. The van der Waals surface area contributed by atoms with Crippen LogP contribution in [0.15, 0.2) is 28.7 Å². The molecule has 0 aromatic heterocycles. The van der Waals surface area contributed by atoms with Crippen molar-refractivity contribution in [1.29, 1.82) is 0 Å². The van der Waals surface area contributed by atoms with Crippen LogP contribution in [0.4, 0.5) is 0 Å². The summed E-state index contributed by atoms with van der Waals surface area (Å²) in [6, 6.07) is 6.59. The van der Waals surface area contributed by atoms with Gasteiger partial charge in [-0.2, -0.15) is 0 Å². The monoisotopic (exact) mass is 388 g/mol. The first-order valence-corrected chi connectivity index (χ1v) is 9.51. The molecule has 2 rings (SSSR count). The van der Waals surface area contributed by atoms with Crippen molar-refractivity contribution < 1.29 is 18.0 Å². The molecule has 22 heavy (non-hydrogen) atoms. The fraction of sp³-hybridized carbons (Fsp3) is 0.429. The molecule has 1 atom stereocenters. The van der Waals surface area contributed by atoms with Crippen molar-refractivity contribution in [3.8, 4) is 0 Å². The highest BCUT2D eigenvalue weighted by molar-refractivity contribution is 9.10. The summed E-state index contributed by atoms with van der Waals surface area (Å²) < 4.78 is 23.5. The van der Waals surface area contributed by atoms with Crippen LogP contribution in [0.25, 0.3) is 0 Å². The normalized spacial score (nSPS) is 19.6. The van der Waals surface area contributed by atoms with Crippen molar-refractivity contribution in [2.75, 3.05) is 18.1 Å². The highest BCUT2D eigenvalue weighted by atomic mass is 79.9. The molecule has 1 aromatic carbocycles. The lowest BCUT2D eigenvalue weighted by Crippen LogP contribution is -2.37. The topological polar surface area (TPSA) is 92.3 Å². The Kier molecular flexibility index (Phi) is 5.57. The number of amides is 2. The summed E-state index contributed by atoms with van der Waals surface area (Å²) in [7, 11) is -3.00. The lowest BCUT2D eigenvalue weighted by atomic mass is 10.2. The summed E-state index contributed by atoms with van der Waals surface area (Å²) >= 11 is 3.29. The molecular weight excluding hydrogens is 372 g/mol. The van der Waals surface area contributed by atoms with Gasteiger partial charge in [0.05, 0.1) is 11.5 Å². The minimum Gasteiger partial charge on any atom is -0.352 e. The standard InChI is InChI=1S/C14H17BrN2O4S/c15-11-3-1-10(2-4-11)14(19)16-7-5-13(18)17-12-6-8-22(20,21)9-12/h1-4,12H,5-9H2,(H,16,19)(H,17,18). The van der Waals surface area contributed by atoms with Crippen LogP contribution in [0.3, 0.4) is 0 Å². The molecule has 2 amide bonds. The minimum atomic E-state index is -3.00. The van der Waals surface area contributed by atoms with E-state index < -0.39 is 9.84 Å². The first-order valence-electron chi connectivity index (χ1n) is 6.89. The lowest BCUT2D eigenvalue weighted by molar-refractivity contribution is -0.121. The van der Waals surface area contributed by atoms with Gasteiger partial charge in [0.25, 0.3) is 5.91 Å². The number of sulfone groups is 1. The number of benzene rings is 1. The van der Waals surface area contributed by atoms with E-state index in [-0.39, 0.29) is 42.3 Å². The smallest absolute Gasteiger partial charge is 0.251 e. The zero-order chi connectivity index (χ0) is 16.2. The van der Waals surface area contributed by atoms with E-state index in [1.807, 2.05) is 0 Å². The number of hydrogen-bond acceptors (Lipinski definition) is 4. The second kappa shape index (κ2) is 7.23. The quantitative estimate of drug-likeness (QED) is 0.782. The third-order valence-corrected chi connectivity index (χ3v) is 5.64. The number of halogens is 1. The van der Waals surface area contributed by atoms with E-state index in [2.05, 4.69) is 26.6 Å². The van der Waals surface area contributed by atoms with Crippen molar-refractivity contribution in [3.05, 3.63) is 34.3 Å². The Hall–Kier alpha value is -1.41. The van der Waals surface area contributed by atoms with Crippen LogP contribution in [-0.4, -0.2) is 44.3 Å². The van der Waals surface area contributed by atoms with Crippen LogP contribution in [0.1, 0.15) is 23.2 Å². The van der Waals surface area contributed by atoms with Crippen LogP contribution in [0, 0.1) is 0 Å². The molecule has 8 heteroatoms. The summed E-state index contributed by atoms with van der Waals surface area (Å²) in [5.74, 6) is -0.371. The molecule has 1 aliphatic rings. The molecule has 0 spiro atoms. The second-order valence-electron chi connectivity index (χ2n) is 5.18. The van der Waals surface area contributed by atoms with E-state index in [9.17, 15) is 18.0 Å². The molecule has 0 saturated carbocycles. The third-order valence-electron chi connectivity index (χ3n) is 3.34. The molecule has 1 aromatic rings. The van der Waals surface area contributed by atoms with E-state index in [4.69, 9.17) is 0 Å². The fourth-order valence-corrected chi connectivity index (χ4v) is 4.14. The van der Waals surface area contributed by atoms with E-state index in [1.165, 1.54) is 0 Å². The molecule has 120 valence electrons. The van der Waals surface area contributed by atoms with Gasteiger partial charge < -0.3 is 10.6 Å². The van der Waals surface area contributed by atoms with Gasteiger partial charge in [-0.25, -0.2) is 8.42 Å². The maximum Gasteiger partial charge on any atom is 0.251 e. The van der Waals surface area contributed by atoms with Gasteiger partial charge in [-0.3, -0.25) is 9.59 Å². The maximum atomic E-state index is 11.8. The van der Waals surface area contributed by atoms with Crippen LogP contribution in [0.2, 0.25) is 0 Å². The average Bonchev–Trinajstić information content (AvgIpc) is 2.78. The molecule has 0 bridgehead atoms. The SMILES string of the molecule is O=C(CCNC(=O)c1ccc(Br)cc1)NC1CCS(=O)(=O)C1. The Morgan fingerprint density at radius 1 is 1.23 bits per heavy atom. The summed E-state index contributed by atoms with van der Waals surface area (Å²) in [6.07, 6.45) is 0.581. The van der Waals surface area contributed by atoms with Crippen molar-refractivity contribution in [2.45, 2.75) is 18.9 Å². The molecule has 1 heterocycles. The van der Waals surface area contributed by atoms with E-state index >= 15 is 0 Å². The summed E-state index contributed by atoms with van der Waals surface area (Å²) in [6.45, 7) is 0.209. The Morgan fingerprint density at radius 2 is 1.91 bits per heavy atom. The van der Waals surface area contributed by atoms with Crippen molar-refractivity contribution in [1.82, 2.24) is 10.6 Å². The Balaban J connectivity index is 1.71. The third kappa shape index (κ3) is 5.10. The number of carbonyl (C=O) groups excluding carboxylic acids is 2. The molecule has 6 nitrogen and oxygen atoms in total. The zero-order valence-electron chi connectivity index (χ0n) is 11.8. The van der Waals surface area contributed by atoms with Gasteiger partial charge in [0.1, 0.15) is 0 Å². The summed E-state index contributed by atoms with van der Waals surface area (Å²) in [5.41, 5.74) is 0.519. The predicted molar refractivity (Wildman–Crippen MR) is 86.3 cm³/mol. The predicted octanol–water partition coefficient (Wildman–Crippen LogP) is 0.872. The van der Waals surface area contributed by atoms with E-state index in [1.54, 1.807) is 24.3 Å². The lowest BCUT2D eigenvalue weighted by Gasteiger charge is -2.11. The van der Waals surface area contributed by atoms with Gasteiger partial charge in [-0.05, 0) is 30.7 Å². The molecule has 1 saturated heterocycles. The molecule has 1 fully saturated rings. The fourth-order valence-electron chi connectivity index (χ4n) is 2.20. The number of nitrogens with one attached hydrogen (secondary N) is 2. The van der Waals surface area contributed by atoms with Gasteiger partial charge >= 0.3 is 0 Å². The van der Waals surface area contributed by atoms with Gasteiger partial charge in [0.15, 0.2) is 9.84 Å². The van der Waals surface area contributed by atoms with Gasteiger partial charge in [0, 0.05) is 29.0 Å². The highest BCUT2D eigenvalue weighted by Crippen LogP contribution is 2.11. The average molecular weight is 389 g/mol. The number of rotatable bonds is 5. The van der Waals surface area contributed by atoms with E-state index in [0.29, 0.717) is 12.0 Å². The Labute approximate surface area is 137 Å². The number of hydrogen-bond donors (Lipinski definition) is 2. The molecular formula is C14H17BrN2O4S. The van der Waals surface area contributed by atoms with Crippen LogP contribution >= 0.6 is 15.9 Å².